The zero-order chi connectivity index (χ0) is 18.3. The second-order valence-electron chi connectivity index (χ2n) is 7.44. The Morgan fingerprint density at radius 2 is 2.08 bits per heavy atom. The van der Waals surface area contributed by atoms with Gasteiger partial charge in [0, 0.05) is 38.6 Å². The molecular formula is C17H32N6O. The first-order valence-electron chi connectivity index (χ1n) is 8.35. The molecule has 24 heavy (non-hydrogen) atoms. The molecule has 7 heteroatoms. The third-order valence-electron chi connectivity index (χ3n) is 3.24. The van der Waals surface area contributed by atoms with E-state index in [2.05, 4.69) is 39.0 Å². The third kappa shape index (κ3) is 7.02. The van der Waals surface area contributed by atoms with Gasteiger partial charge in [0.05, 0.1) is 13.1 Å². The summed E-state index contributed by atoms with van der Waals surface area (Å²) in [4.78, 5) is 22.5. The molecule has 0 bridgehead atoms. The van der Waals surface area contributed by atoms with Crippen LogP contribution in [0.25, 0.3) is 0 Å². The zero-order valence-electron chi connectivity index (χ0n) is 16.1. The molecule has 1 aromatic heterocycles. The number of nitrogens with zero attached hydrogens (tertiary/aromatic N) is 4. The first-order valence-corrected chi connectivity index (χ1v) is 8.35. The number of hydrogen-bond acceptors (Lipinski definition) is 3. The fraction of sp³-hybridized carbons (Fsp3) is 0.706. The molecule has 0 atom stereocenters. The van der Waals surface area contributed by atoms with Gasteiger partial charge in [-0.15, -0.1) is 0 Å². The van der Waals surface area contributed by atoms with Crippen molar-refractivity contribution in [2.45, 2.75) is 53.2 Å². The second-order valence-corrected chi connectivity index (χ2v) is 7.44. The number of carbonyl (C=O) groups excluding carboxylic acids is 1. The summed E-state index contributed by atoms with van der Waals surface area (Å²) in [6.07, 6.45) is 3.79. The van der Waals surface area contributed by atoms with E-state index in [1.807, 2.05) is 40.2 Å². The fourth-order valence-corrected chi connectivity index (χ4v) is 2.36. The van der Waals surface area contributed by atoms with Crippen LogP contribution in [0.2, 0.25) is 0 Å². The second kappa shape index (κ2) is 8.70. The predicted molar refractivity (Wildman–Crippen MR) is 97.8 cm³/mol. The molecule has 1 heterocycles. The van der Waals surface area contributed by atoms with Gasteiger partial charge in [-0.3, -0.25) is 9.79 Å². The maximum absolute atomic E-state index is 12.0. The number of nitrogens with one attached hydrogen (secondary N) is 2. The summed E-state index contributed by atoms with van der Waals surface area (Å²) < 4.78 is 2.14. The highest BCUT2D eigenvalue weighted by Gasteiger charge is 2.17. The monoisotopic (exact) mass is 336 g/mol. The van der Waals surface area contributed by atoms with E-state index < -0.39 is 0 Å². The molecule has 7 nitrogen and oxygen atoms in total. The van der Waals surface area contributed by atoms with Gasteiger partial charge in [0.15, 0.2) is 5.96 Å². The number of amides is 1. The van der Waals surface area contributed by atoms with Crippen molar-refractivity contribution in [3.63, 3.8) is 0 Å². The Bertz CT molecular complexity index is 556. The highest BCUT2D eigenvalue weighted by atomic mass is 16.2. The summed E-state index contributed by atoms with van der Waals surface area (Å²) in [5, 5.41) is 6.22. The average Bonchev–Trinajstić information content (AvgIpc) is 2.83. The van der Waals surface area contributed by atoms with Crippen molar-refractivity contribution < 1.29 is 4.79 Å². The Hall–Kier alpha value is -2.05. The molecule has 0 saturated heterocycles. The Kier molecular flexibility index (Phi) is 7.25. The smallest absolute Gasteiger partial charge is 0.240 e. The van der Waals surface area contributed by atoms with E-state index in [0.717, 1.165) is 12.4 Å². The average molecular weight is 336 g/mol. The molecule has 0 fully saturated rings. The van der Waals surface area contributed by atoms with Crippen LogP contribution in [0.1, 0.15) is 40.4 Å². The summed E-state index contributed by atoms with van der Waals surface area (Å²) in [5.74, 6) is 2.14. The molecule has 0 aromatic carbocycles. The number of carbonyl (C=O) groups is 1. The van der Waals surface area contributed by atoms with Crippen molar-refractivity contribution in [2.24, 2.45) is 10.9 Å². The van der Waals surface area contributed by atoms with Gasteiger partial charge < -0.3 is 20.1 Å². The molecule has 2 N–H and O–H groups in total. The largest absolute Gasteiger partial charge is 0.350 e. The summed E-state index contributed by atoms with van der Waals surface area (Å²) in [6, 6.07) is 0. The molecule has 0 aliphatic rings. The van der Waals surface area contributed by atoms with Gasteiger partial charge in [0.1, 0.15) is 5.82 Å². The van der Waals surface area contributed by atoms with Crippen molar-refractivity contribution in [3.8, 4) is 0 Å². The van der Waals surface area contributed by atoms with Crippen molar-refractivity contribution >= 4 is 11.9 Å². The summed E-state index contributed by atoms with van der Waals surface area (Å²) in [5.41, 5.74) is -0.240. The maximum Gasteiger partial charge on any atom is 0.240 e. The molecule has 0 unspecified atom stereocenters. The van der Waals surface area contributed by atoms with Crippen LogP contribution < -0.4 is 10.6 Å². The van der Waals surface area contributed by atoms with Gasteiger partial charge in [-0.25, -0.2) is 4.98 Å². The van der Waals surface area contributed by atoms with Gasteiger partial charge in [-0.1, -0.05) is 13.8 Å². The lowest BCUT2D eigenvalue weighted by Gasteiger charge is -2.25. The molecule has 1 aromatic rings. The van der Waals surface area contributed by atoms with Gasteiger partial charge in [-0.2, -0.15) is 0 Å². The van der Waals surface area contributed by atoms with E-state index in [0.29, 0.717) is 18.4 Å². The number of hydrogen-bond donors (Lipinski definition) is 2. The topological polar surface area (TPSA) is 74.5 Å². The Labute approximate surface area is 145 Å². The van der Waals surface area contributed by atoms with Crippen LogP contribution in [-0.2, 0) is 17.9 Å². The minimum Gasteiger partial charge on any atom is -0.350 e. The number of imidazole rings is 1. The van der Waals surface area contributed by atoms with Gasteiger partial charge in [0.25, 0.3) is 0 Å². The Morgan fingerprint density at radius 1 is 1.42 bits per heavy atom. The van der Waals surface area contributed by atoms with Crippen molar-refractivity contribution in [3.05, 3.63) is 18.2 Å². The molecule has 0 radical (unpaired) electrons. The number of guanidine groups is 1. The van der Waals surface area contributed by atoms with Crippen LogP contribution in [0.15, 0.2) is 17.4 Å². The SMILES string of the molecule is CN=C(NCc1nccn1CC(C)C)N(C)CC(=O)NC(C)(C)C. The Balaban J connectivity index is 2.59. The summed E-state index contributed by atoms with van der Waals surface area (Å²) >= 11 is 0. The highest BCUT2D eigenvalue weighted by Crippen LogP contribution is 2.04. The predicted octanol–water partition coefficient (Wildman–Crippen LogP) is 1.46. The third-order valence-corrected chi connectivity index (χ3v) is 3.24. The standard InChI is InChI=1S/C17H32N6O/c1-13(2)11-23-9-8-19-14(23)10-20-16(18-6)22(7)12-15(24)21-17(3,4)5/h8-9,13H,10-12H2,1-7H3,(H,18,20)(H,21,24). The number of likely N-dealkylation sites (N-methyl/N-ethyl adjacent to an activating group) is 1. The summed E-state index contributed by atoms with van der Waals surface area (Å²) in [7, 11) is 3.55. The summed E-state index contributed by atoms with van der Waals surface area (Å²) in [6.45, 7) is 12.0. The van der Waals surface area contributed by atoms with Crippen LogP contribution in [0.3, 0.4) is 0 Å². The maximum atomic E-state index is 12.0. The van der Waals surface area contributed by atoms with Crippen LogP contribution in [0, 0.1) is 5.92 Å². The van der Waals surface area contributed by atoms with E-state index in [1.54, 1.807) is 11.9 Å². The molecule has 0 aliphatic heterocycles. The molecule has 1 rings (SSSR count). The minimum atomic E-state index is -0.240. The molecular weight excluding hydrogens is 304 g/mol. The van der Waals surface area contributed by atoms with E-state index in [9.17, 15) is 4.79 Å². The van der Waals surface area contributed by atoms with E-state index in [-0.39, 0.29) is 18.0 Å². The molecule has 0 saturated carbocycles. The molecule has 0 spiro atoms. The van der Waals surface area contributed by atoms with E-state index in [4.69, 9.17) is 0 Å². The quantitative estimate of drug-likeness (QED) is 0.609. The number of rotatable bonds is 6. The molecule has 1 amide bonds. The molecule has 136 valence electrons. The van der Waals surface area contributed by atoms with Crippen molar-refractivity contribution in [2.75, 3.05) is 20.6 Å². The van der Waals surface area contributed by atoms with Crippen molar-refractivity contribution in [1.82, 2.24) is 25.1 Å². The molecule has 0 aliphatic carbocycles. The zero-order valence-corrected chi connectivity index (χ0v) is 16.1. The van der Waals surface area contributed by atoms with Crippen LogP contribution in [0.5, 0.6) is 0 Å². The number of aromatic nitrogens is 2. The normalized spacial score (nSPS) is 12.4. The van der Waals surface area contributed by atoms with Crippen LogP contribution in [-0.4, -0.2) is 52.5 Å². The van der Waals surface area contributed by atoms with Gasteiger partial charge >= 0.3 is 0 Å². The Morgan fingerprint density at radius 3 is 2.62 bits per heavy atom. The van der Waals surface area contributed by atoms with Crippen molar-refractivity contribution in [1.29, 1.82) is 0 Å². The van der Waals surface area contributed by atoms with E-state index in [1.165, 1.54) is 0 Å². The lowest BCUT2D eigenvalue weighted by atomic mass is 10.1. The first kappa shape index (κ1) is 20.0. The van der Waals surface area contributed by atoms with Gasteiger partial charge in [0.2, 0.25) is 5.91 Å². The first-order chi connectivity index (χ1) is 11.1. The minimum absolute atomic E-state index is 0.0331. The lowest BCUT2D eigenvalue weighted by molar-refractivity contribution is -0.122. The lowest BCUT2D eigenvalue weighted by Crippen LogP contribution is -2.48. The highest BCUT2D eigenvalue weighted by molar-refractivity contribution is 5.86. The van der Waals surface area contributed by atoms with Gasteiger partial charge in [-0.05, 0) is 26.7 Å². The fourth-order valence-electron chi connectivity index (χ4n) is 2.36. The van der Waals surface area contributed by atoms with Crippen LogP contribution in [0.4, 0.5) is 0 Å². The van der Waals surface area contributed by atoms with E-state index >= 15 is 0 Å². The van der Waals surface area contributed by atoms with Crippen LogP contribution >= 0.6 is 0 Å². The number of aliphatic imine (C=N–C) groups is 1.